The van der Waals surface area contributed by atoms with Crippen molar-refractivity contribution in [2.45, 2.75) is 19.4 Å². The van der Waals surface area contributed by atoms with Crippen LogP contribution in [0.15, 0.2) is 65.1 Å². The molecule has 3 aromatic rings. The van der Waals surface area contributed by atoms with E-state index in [4.69, 9.17) is 0 Å². The van der Waals surface area contributed by atoms with Gasteiger partial charge in [-0.05, 0) is 65.6 Å². The smallest absolute Gasteiger partial charge is 0.0846 e. The van der Waals surface area contributed by atoms with E-state index < -0.39 is 5.60 Å². The van der Waals surface area contributed by atoms with Crippen LogP contribution in [-0.4, -0.2) is 5.11 Å². The first-order chi connectivity index (χ1) is 9.95. The van der Waals surface area contributed by atoms with Crippen LogP contribution in [0.2, 0.25) is 0 Å². The van der Waals surface area contributed by atoms with Gasteiger partial charge in [0.25, 0.3) is 0 Å². The van der Waals surface area contributed by atoms with Gasteiger partial charge in [0.05, 0.1) is 5.60 Å². The van der Waals surface area contributed by atoms with E-state index in [9.17, 15) is 5.11 Å². The molecule has 0 saturated carbocycles. The molecule has 0 aliphatic rings. The van der Waals surface area contributed by atoms with Gasteiger partial charge in [0.1, 0.15) is 0 Å². The maximum Gasteiger partial charge on any atom is 0.0846 e. The third kappa shape index (κ3) is 2.87. The molecular formula is C19H17BrO. The van der Waals surface area contributed by atoms with Gasteiger partial charge in [-0.25, -0.2) is 0 Å². The lowest BCUT2D eigenvalue weighted by Gasteiger charge is -2.23. The molecule has 0 atom stereocenters. The summed E-state index contributed by atoms with van der Waals surface area (Å²) in [6.07, 6.45) is 0. The summed E-state index contributed by atoms with van der Waals surface area (Å²) in [5.74, 6) is 0. The van der Waals surface area contributed by atoms with Crippen LogP contribution in [0, 0.1) is 0 Å². The average Bonchev–Trinajstić information content (AvgIpc) is 2.46. The summed E-state index contributed by atoms with van der Waals surface area (Å²) in [6, 6.07) is 20.7. The normalized spacial score (nSPS) is 11.8. The fourth-order valence-electron chi connectivity index (χ4n) is 2.63. The van der Waals surface area contributed by atoms with Gasteiger partial charge in [-0.1, -0.05) is 52.3 Å². The lowest BCUT2D eigenvalue weighted by molar-refractivity contribution is 0.0793. The van der Waals surface area contributed by atoms with Crippen LogP contribution in [0.5, 0.6) is 0 Å². The molecule has 0 aliphatic heterocycles. The molecule has 0 amide bonds. The van der Waals surface area contributed by atoms with Crippen LogP contribution in [0.1, 0.15) is 19.4 Å². The number of aliphatic hydroxyl groups is 1. The predicted octanol–water partition coefficient (Wildman–Crippen LogP) is 5.50. The molecule has 106 valence electrons. The van der Waals surface area contributed by atoms with Crippen molar-refractivity contribution in [2.75, 3.05) is 0 Å². The second-order valence-electron chi connectivity index (χ2n) is 5.81. The van der Waals surface area contributed by atoms with Gasteiger partial charge < -0.3 is 5.11 Å². The van der Waals surface area contributed by atoms with Crippen molar-refractivity contribution in [2.24, 2.45) is 0 Å². The first-order valence-corrected chi connectivity index (χ1v) is 7.76. The minimum Gasteiger partial charge on any atom is -0.386 e. The zero-order chi connectivity index (χ0) is 15.0. The van der Waals surface area contributed by atoms with Gasteiger partial charge in [0.15, 0.2) is 0 Å². The van der Waals surface area contributed by atoms with Crippen molar-refractivity contribution in [3.8, 4) is 11.1 Å². The Bertz CT molecular complexity index is 786. The molecule has 0 spiro atoms. The zero-order valence-corrected chi connectivity index (χ0v) is 13.7. The molecule has 0 saturated heterocycles. The van der Waals surface area contributed by atoms with Crippen LogP contribution in [0.25, 0.3) is 21.9 Å². The van der Waals surface area contributed by atoms with E-state index in [-0.39, 0.29) is 0 Å². The summed E-state index contributed by atoms with van der Waals surface area (Å²) in [4.78, 5) is 0. The Morgan fingerprint density at radius 1 is 0.857 bits per heavy atom. The number of hydrogen-bond acceptors (Lipinski definition) is 1. The molecule has 0 aromatic heterocycles. The minimum absolute atomic E-state index is 0.887. The number of halogens is 1. The van der Waals surface area contributed by atoms with E-state index in [1.165, 1.54) is 5.39 Å². The highest BCUT2D eigenvalue weighted by Crippen LogP contribution is 2.35. The summed E-state index contributed by atoms with van der Waals surface area (Å²) in [5, 5.41) is 12.8. The minimum atomic E-state index is -0.887. The molecule has 2 heteroatoms. The van der Waals surface area contributed by atoms with Crippen molar-refractivity contribution in [3.05, 3.63) is 70.7 Å². The Kier molecular flexibility index (Phi) is 3.60. The molecular weight excluding hydrogens is 324 g/mol. The standard InChI is InChI=1S/C19H17BrO/c1-19(2,21)18-12-15-10-16(20)9-8-14(15)11-17(18)13-6-4-3-5-7-13/h3-12,21H,1-2H3. The second kappa shape index (κ2) is 5.28. The van der Waals surface area contributed by atoms with E-state index >= 15 is 0 Å². The number of hydrogen-bond donors (Lipinski definition) is 1. The fraction of sp³-hybridized carbons (Fsp3) is 0.158. The van der Waals surface area contributed by atoms with Crippen LogP contribution < -0.4 is 0 Å². The maximum atomic E-state index is 10.5. The molecule has 0 bridgehead atoms. The Labute approximate surface area is 133 Å². The molecule has 21 heavy (non-hydrogen) atoms. The van der Waals surface area contributed by atoms with Crippen LogP contribution in [-0.2, 0) is 5.60 Å². The molecule has 0 unspecified atom stereocenters. The van der Waals surface area contributed by atoms with Gasteiger partial charge in [0, 0.05) is 4.47 Å². The predicted molar refractivity (Wildman–Crippen MR) is 92.3 cm³/mol. The van der Waals surface area contributed by atoms with E-state index in [0.29, 0.717) is 0 Å². The van der Waals surface area contributed by atoms with Crippen molar-refractivity contribution in [1.29, 1.82) is 0 Å². The highest BCUT2D eigenvalue weighted by Gasteiger charge is 2.21. The molecule has 0 radical (unpaired) electrons. The summed E-state index contributed by atoms with van der Waals surface area (Å²) in [5.41, 5.74) is 2.26. The molecule has 3 rings (SSSR count). The highest BCUT2D eigenvalue weighted by molar-refractivity contribution is 9.10. The number of rotatable bonds is 2. The molecule has 1 nitrogen and oxygen atoms in total. The van der Waals surface area contributed by atoms with E-state index in [0.717, 1.165) is 26.5 Å². The van der Waals surface area contributed by atoms with Gasteiger partial charge >= 0.3 is 0 Å². The van der Waals surface area contributed by atoms with Gasteiger partial charge in [-0.15, -0.1) is 0 Å². The van der Waals surface area contributed by atoms with Crippen molar-refractivity contribution in [3.63, 3.8) is 0 Å². The molecule has 0 fully saturated rings. The molecule has 0 heterocycles. The lowest BCUT2D eigenvalue weighted by Crippen LogP contribution is -2.16. The molecule has 0 aliphatic carbocycles. The van der Waals surface area contributed by atoms with Crippen LogP contribution in [0.3, 0.4) is 0 Å². The average molecular weight is 341 g/mol. The lowest BCUT2D eigenvalue weighted by atomic mass is 9.87. The number of fused-ring (bicyclic) bond motifs is 1. The summed E-state index contributed by atoms with van der Waals surface area (Å²) >= 11 is 3.51. The van der Waals surface area contributed by atoms with E-state index in [1.807, 2.05) is 38.1 Å². The monoisotopic (exact) mass is 340 g/mol. The summed E-state index contributed by atoms with van der Waals surface area (Å²) in [6.45, 7) is 3.66. The zero-order valence-electron chi connectivity index (χ0n) is 12.1. The third-order valence-corrected chi connectivity index (χ3v) is 4.18. The van der Waals surface area contributed by atoms with E-state index in [1.54, 1.807) is 0 Å². The Balaban J connectivity index is 2.34. The largest absolute Gasteiger partial charge is 0.386 e. The molecule has 3 aromatic carbocycles. The van der Waals surface area contributed by atoms with Gasteiger partial charge in [-0.2, -0.15) is 0 Å². The van der Waals surface area contributed by atoms with Crippen LogP contribution >= 0.6 is 15.9 Å². The Hall–Kier alpha value is -1.64. The van der Waals surface area contributed by atoms with Crippen molar-refractivity contribution >= 4 is 26.7 Å². The van der Waals surface area contributed by atoms with Gasteiger partial charge in [0.2, 0.25) is 0 Å². The summed E-state index contributed by atoms with van der Waals surface area (Å²) in [7, 11) is 0. The highest BCUT2D eigenvalue weighted by atomic mass is 79.9. The number of benzene rings is 3. The van der Waals surface area contributed by atoms with Crippen molar-refractivity contribution < 1.29 is 5.11 Å². The second-order valence-corrected chi connectivity index (χ2v) is 6.73. The summed E-state index contributed by atoms with van der Waals surface area (Å²) < 4.78 is 1.05. The van der Waals surface area contributed by atoms with Crippen LogP contribution in [0.4, 0.5) is 0 Å². The van der Waals surface area contributed by atoms with Gasteiger partial charge in [-0.3, -0.25) is 0 Å². The fourth-order valence-corrected chi connectivity index (χ4v) is 3.01. The maximum absolute atomic E-state index is 10.5. The topological polar surface area (TPSA) is 20.2 Å². The first kappa shape index (κ1) is 14.3. The third-order valence-electron chi connectivity index (χ3n) is 3.68. The molecule has 1 N–H and O–H groups in total. The van der Waals surface area contributed by atoms with E-state index in [2.05, 4.69) is 52.3 Å². The SMILES string of the molecule is CC(C)(O)c1cc2cc(Br)ccc2cc1-c1ccccc1. The first-order valence-electron chi connectivity index (χ1n) is 6.97. The quantitative estimate of drug-likeness (QED) is 0.653. The Morgan fingerprint density at radius 2 is 1.57 bits per heavy atom. The van der Waals surface area contributed by atoms with Crippen molar-refractivity contribution in [1.82, 2.24) is 0 Å². The Morgan fingerprint density at radius 3 is 2.24 bits per heavy atom.